The first-order valence-electron chi connectivity index (χ1n) is 10.0. The van der Waals surface area contributed by atoms with Gasteiger partial charge in [0.05, 0.1) is 14.2 Å². The topological polar surface area (TPSA) is 51.2 Å². The van der Waals surface area contributed by atoms with Gasteiger partial charge in [0.15, 0.2) is 11.5 Å². The number of aliphatic hydroxyl groups excluding tert-OH is 1. The van der Waals surface area contributed by atoms with Crippen LogP contribution < -0.4 is 14.2 Å². The predicted octanol–water partition coefficient (Wildman–Crippen LogP) is 4.15. The van der Waals surface area contributed by atoms with Crippen molar-refractivity contribution in [2.24, 2.45) is 0 Å². The van der Waals surface area contributed by atoms with Crippen molar-refractivity contribution in [3.63, 3.8) is 0 Å². The van der Waals surface area contributed by atoms with E-state index in [1.165, 1.54) is 5.56 Å². The van der Waals surface area contributed by atoms with Gasteiger partial charge in [-0.1, -0.05) is 60.7 Å². The lowest BCUT2D eigenvalue weighted by Crippen LogP contribution is -2.35. The summed E-state index contributed by atoms with van der Waals surface area (Å²) in [4.78, 5) is 2.19. The molecule has 3 rings (SSSR count). The van der Waals surface area contributed by atoms with E-state index in [2.05, 4.69) is 17.0 Å². The summed E-state index contributed by atoms with van der Waals surface area (Å²) in [5.41, 5.74) is 2.18. The molecule has 1 N–H and O–H groups in total. The molecule has 3 aromatic rings. The van der Waals surface area contributed by atoms with Crippen LogP contribution in [0.5, 0.6) is 17.2 Å². The van der Waals surface area contributed by atoms with E-state index in [-0.39, 0.29) is 6.61 Å². The second-order valence-corrected chi connectivity index (χ2v) is 7.09. The van der Waals surface area contributed by atoms with Gasteiger partial charge in [-0.2, -0.15) is 0 Å². The molecule has 0 aliphatic heterocycles. The largest absolute Gasteiger partial charge is 0.493 e. The van der Waals surface area contributed by atoms with Crippen molar-refractivity contribution in [1.82, 2.24) is 4.90 Å². The molecule has 0 unspecified atom stereocenters. The third-order valence-electron chi connectivity index (χ3n) is 4.78. The van der Waals surface area contributed by atoms with Crippen LogP contribution in [0.1, 0.15) is 11.1 Å². The zero-order valence-electron chi connectivity index (χ0n) is 17.5. The highest BCUT2D eigenvalue weighted by Gasteiger charge is 2.17. The number of benzene rings is 3. The molecule has 1 atom stereocenters. The average molecular weight is 408 g/mol. The first-order valence-corrected chi connectivity index (χ1v) is 10.0. The van der Waals surface area contributed by atoms with E-state index in [9.17, 15) is 5.11 Å². The van der Waals surface area contributed by atoms with E-state index in [0.717, 1.165) is 11.3 Å². The van der Waals surface area contributed by atoms with Crippen LogP contribution in [-0.4, -0.2) is 43.5 Å². The summed E-state index contributed by atoms with van der Waals surface area (Å²) in [6.07, 6.45) is -0.634. The Morgan fingerprint density at radius 2 is 1.50 bits per heavy atom. The Morgan fingerprint density at radius 3 is 2.17 bits per heavy atom. The van der Waals surface area contributed by atoms with E-state index in [1.54, 1.807) is 14.2 Å². The molecule has 0 aliphatic carbocycles. The monoisotopic (exact) mass is 407 g/mol. The molecule has 3 aromatic carbocycles. The minimum Gasteiger partial charge on any atom is -0.493 e. The van der Waals surface area contributed by atoms with Crippen LogP contribution in [0.25, 0.3) is 0 Å². The smallest absolute Gasteiger partial charge is 0.165 e. The van der Waals surface area contributed by atoms with Gasteiger partial charge < -0.3 is 19.3 Å². The first-order chi connectivity index (χ1) is 14.7. The Labute approximate surface area is 178 Å². The van der Waals surface area contributed by atoms with Crippen molar-refractivity contribution < 1.29 is 19.3 Å². The van der Waals surface area contributed by atoms with Crippen molar-refractivity contribution in [3.8, 4) is 17.2 Å². The van der Waals surface area contributed by atoms with Crippen molar-refractivity contribution in [3.05, 3.63) is 90.0 Å². The maximum absolute atomic E-state index is 10.6. The molecular weight excluding hydrogens is 378 g/mol. The summed E-state index contributed by atoms with van der Waals surface area (Å²) in [7, 11) is 3.28. The summed E-state index contributed by atoms with van der Waals surface area (Å²) >= 11 is 0. The molecule has 0 aliphatic rings. The molecule has 30 heavy (non-hydrogen) atoms. The van der Waals surface area contributed by atoms with Crippen LogP contribution >= 0.6 is 0 Å². The minimum atomic E-state index is -0.634. The fraction of sp³-hybridized carbons (Fsp3) is 0.280. The summed E-state index contributed by atoms with van der Waals surface area (Å²) in [5, 5.41) is 10.6. The van der Waals surface area contributed by atoms with E-state index >= 15 is 0 Å². The summed E-state index contributed by atoms with van der Waals surface area (Å²) in [6.45, 7) is 1.99. The maximum Gasteiger partial charge on any atom is 0.165 e. The van der Waals surface area contributed by atoms with Gasteiger partial charge in [-0.3, -0.25) is 4.90 Å². The zero-order valence-corrected chi connectivity index (χ0v) is 17.5. The van der Waals surface area contributed by atoms with Crippen LogP contribution in [0.15, 0.2) is 78.9 Å². The Balaban J connectivity index is 1.72. The number of hydrogen-bond donors (Lipinski definition) is 1. The summed E-state index contributed by atoms with van der Waals surface area (Å²) in [6, 6.07) is 25.6. The molecular formula is C25H29NO4. The number of ether oxygens (including phenoxy) is 3. The second-order valence-electron chi connectivity index (χ2n) is 7.09. The van der Waals surface area contributed by atoms with Crippen molar-refractivity contribution >= 4 is 0 Å². The second kappa shape index (κ2) is 11.2. The Bertz CT molecular complexity index is 886. The van der Waals surface area contributed by atoms with Crippen molar-refractivity contribution in [1.29, 1.82) is 0 Å². The van der Waals surface area contributed by atoms with E-state index in [4.69, 9.17) is 14.2 Å². The molecule has 0 bridgehead atoms. The highest BCUT2D eigenvalue weighted by Crippen LogP contribution is 2.31. The van der Waals surface area contributed by atoms with Gasteiger partial charge in [-0.15, -0.1) is 0 Å². The van der Waals surface area contributed by atoms with Gasteiger partial charge in [0.25, 0.3) is 0 Å². The number of para-hydroxylation sites is 2. The molecule has 0 heterocycles. The predicted molar refractivity (Wildman–Crippen MR) is 118 cm³/mol. The molecule has 0 fully saturated rings. The highest BCUT2D eigenvalue weighted by molar-refractivity contribution is 5.46. The molecule has 0 amide bonds. The number of aliphatic hydroxyl groups is 1. The van der Waals surface area contributed by atoms with Gasteiger partial charge in [0.1, 0.15) is 18.5 Å². The number of rotatable bonds is 11. The number of hydrogen-bond acceptors (Lipinski definition) is 5. The third kappa shape index (κ3) is 6.24. The molecule has 5 nitrogen and oxygen atoms in total. The average Bonchev–Trinajstić information content (AvgIpc) is 2.79. The molecule has 5 heteroatoms. The highest BCUT2D eigenvalue weighted by atomic mass is 16.5. The molecule has 0 saturated heterocycles. The normalized spacial score (nSPS) is 11.9. The number of nitrogens with zero attached hydrogens (tertiary/aromatic N) is 1. The number of methoxy groups -OCH3 is 2. The van der Waals surface area contributed by atoms with Gasteiger partial charge >= 0.3 is 0 Å². The Kier molecular flexibility index (Phi) is 8.12. The molecule has 0 radical (unpaired) electrons. The van der Waals surface area contributed by atoms with Crippen LogP contribution in [0.4, 0.5) is 0 Å². The van der Waals surface area contributed by atoms with E-state index in [0.29, 0.717) is 31.1 Å². The SMILES string of the molecule is COc1cccc(CN(Cc2ccccc2)C[C@H](O)COc2ccccc2)c1OC. The van der Waals surface area contributed by atoms with E-state index < -0.39 is 6.10 Å². The lowest BCUT2D eigenvalue weighted by molar-refractivity contribution is 0.0625. The lowest BCUT2D eigenvalue weighted by atomic mass is 10.1. The lowest BCUT2D eigenvalue weighted by Gasteiger charge is -2.26. The van der Waals surface area contributed by atoms with Gasteiger partial charge in [0, 0.05) is 25.2 Å². The van der Waals surface area contributed by atoms with Crippen LogP contribution in [0.3, 0.4) is 0 Å². The van der Waals surface area contributed by atoms with Crippen LogP contribution in [-0.2, 0) is 13.1 Å². The minimum absolute atomic E-state index is 0.227. The third-order valence-corrected chi connectivity index (χ3v) is 4.78. The van der Waals surface area contributed by atoms with Crippen molar-refractivity contribution in [2.45, 2.75) is 19.2 Å². The van der Waals surface area contributed by atoms with E-state index in [1.807, 2.05) is 66.7 Å². The molecule has 0 saturated carbocycles. The van der Waals surface area contributed by atoms with Crippen LogP contribution in [0, 0.1) is 0 Å². The zero-order chi connectivity index (χ0) is 21.2. The molecule has 158 valence electrons. The van der Waals surface area contributed by atoms with Crippen LogP contribution in [0.2, 0.25) is 0 Å². The van der Waals surface area contributed by atoms with Crippen molar-refractivity contribution in [2.75, 3.05) is 27.4 Å². The quantitative estimate of drug-likeness (QED) is 0.518. The van der Waals surface area contributed by atoms with Gasteiger partial charge in [0.2, 0.25) is 0 Å². The molecule has 0 aromatic heterocycles. The van der Waals surface area contributed by atoms with Gasteiger partial charge in [-0.25, -0.2) is 0 Å². The molecule has 0 spiro atoms. The fourth-order valence-electron chi connectivity index (χ4n) is 3.41. The Morgan fingerprint density at radius 1 is 0.800 bits per heavy atom. The summed E-state index contributed by atoms with van der Waals surface area (Å²) in [5.74, 6) is 2.16. The first kappa shape index (κ1) is 21.7. The summed E-state index contributed by atoms with van der Waals surface area (Å²) < 4.78 is 16.8. The Hall–Kier alpha value is -3.02. The van der Waals surface area contributed by atoms with Gasteiger partial charge in [-0.05, 0) is 23.8 Å². The fourth-order valence-corrected chi connectivity index (χ4v) is 3.41. The maximum atomic E-state index is 10.6. The standard InChI is InChI=1S/C25H29NO4/c1-28-24-15-9-12-21(25(24)29-2)17-26(16-20-10-5-3-6-11-20)18-22(27)19-30-23-13-7-4-8-14-23/h3-15,22,27H,16-19H2,1-2H3/t22-/m0/s1.